The Morgan fingerprint density at radius 1 is 0.917 bits per heavy atom. The van der Waals surface area contributed by atoms with Crippen LogP contribution >= 0.6 is 0 Å². The number of rotatable bonds is 14. The Labute approximate surface area is 219 Å². The van der Waals surface area contributed by atoms with Crippen molar-refractivity contribution in [2.45, 2.75) is 104 Å². The number of benzene rings is 1. The summed E-state index contributed by atoms with van der Waals surface area (Å²) in [6, 6.07) is 7.79. The molecular weight excluding hydrogens is 476 g/mol. The monoisotopic (exact) mass is 524 g/mol. The number of hydrogen-bond acceptors (Lipinski definition) is 5. The molecule has 2 aliphatic heterocycles. The molecule has 36 heavy (non-hydrogen) atoms. The van der Waals surface area contributed by atoms with Crippen LogP contribution in [0, 0.1) is 0 Å². The number of quaternary nitrogens is 1. The summed E-state index contributed by atoms with van der Waals surface area (Å²) in [7, 11) is -4.82. The maximum Gasteiger partial charge on any atom is 0.270 e. The molecule has 2 fully saturated rings. The molecule has 0 saturated carbocycles. The summed E-state index contributed by atoms with van der Waals surface area (Å²) in [6.07, 6.45) is 12.2. The molecule has 0 aromatic heterocycles. The Balaban J connectivity index is 0.000000256. The van der Waals surface area contributed by atoms with Crippen LogP contribution in [0.5, 0.6) is 0 Å². The summed E-state index contributed by atoms with van der Waals surface area (Å²) in [6.45, 7) is 15.4. The fourth-order valence-corrected chi connectivity index (χ4v) is 6.41. The molecule has 1 spiro atoms. The molecule has 2 atom stereocenters. The van der Waals surface area contributed by atoms with Gasteiger partial charge in [0.25, 0.3) is 5.91 Å². The Morgan fingerprint density at radius 2 is 1.39 bits per heavy atom. The van der Waals surface area contributed by atoms with Gasteiger partial charge in [-0.25, -0.2) is 12.7 Å². The molecule has 1 amide bonds. The van der Waals surface area contributed by atoms with Gasteiger partial charge in [0, 0.05) is 6.61 Å². The Morgan fingerprint density at radius 3 is 1.75 bits per heavy atom. The molecule has 8 heteroatoms. The first-order chi connectivity index (χ1) is 17.2. The van der Waals surface area contributed by atoms with Crippen LogP contribution in [0.4, 0.5) is 0 Å². The van der Waals surface area contributed by atoms with Gasteiger partial charge in [0.2, 0.25) is 0 Å². The topological polar surface area (TPSA) is 86.7 Å². The zero-order chi connectivity index (χ0) is 26.7. The second-order valence-corrected chi connectivity index (χ2v) is 11.6. The Bertz CT molecular complexity index is 847. The van der Waals surface area contributed by atoms with E-state index < -0.39 is 27.9 Å². The number of nitrogens with zero attached hydrogens (tertiary/aromatic N) is 2. The highest BCUT2D eigenvalue weighted by atomic mass is 32.2. The van der Waals surface area contributed by atoms with Crippen LogP contribution in [0.2, 0.25) is 0 Å². The molecular formula is C28H48N2O5S. The number of amides is 1. The van der Waals surface area contributed by atoms with Crippen molar-refractivity contribution in [2.75, 3.05) is 32.8 Å². The van der Waals surface area contributed by atoms with Gasteiger partial charge in [-0.3, -0.25) is 4.79 Å². The van der Waals surface area contributed by atoms with Gasteiger partial charge < -0.3 is 13.8 Å². The first-order valence-corrected chi connectivity index (χ1v) is 15.4. The van der Waals surface area contributed by atoms with Crippen molar-refractivity contribution in [2.24, 2.45) is 0 Å². The number of ether oxygens (including phenoxy) is 1. The van der Waals surface area contributed by atoms with Crippen molar-refractivity contribution in [1.29, 1.82) is 0 Å². The lowest BCUT2D eigenvalue weighted by atomic mass is 9.78. The highest BCUT2D eigenvalue weighted by Gasteiger charge is 2.65. The third kappa shape index (κ3) is 7.53. The SMILES string of the molecule is CCCC[N+](CCCC)(CCCC)CCCC.O=C1N(S(=O)(=O)[O-])[C@H](c2ccccc2)[C@@]12CCCO2. The number of carbonyl (C=O) groups excluding carboxylic acids is 1. The summed E-state index contributed by atoms with van der Waals surface area (Å²) in [5.41, 5.74) is -0.567. The molecule has 206 valence electrons. The third-order valence-corrected chi connectivity index (χ3v) is 8.45. The van der Waals surface area contributed by atoms with E-state index >= 15 is 0 Å². The Kier molecular flexibility index (Phi) is 12.3. The van der Waals surface area contributed by atoms with E-state index in [0.29, 0.717) is 29.3 Å². The molecule has 2 aliphatic rings. The normalized spacial score (nSPS) is 21.9. The highest BCUT2D eigenvalue weighted by Crippen LogP contribution is 2.52. The lowest BCUT2D eigenvalue weighted by molar-refractivity contribution is -0.929. The zero-order valence-electron chi connectivity index (χ0n) is 22.9. The lowest BCUT2D eigenvalue weighted by Gasteiger charge is -2.53. The molecule has 0 unspecified atom stereocenters. The second kappa shape index (κ2) is 14.5. The van der Waals surface area contributed by atoms with Crippen LogP contribution in [-0.2, 0) is 19.8 Å². The van der Waals surface area contributed by atoms with E-state index in [4.69, 9.17) is 4.74 Å². The quantitative estimate of drug-likeness (QED) is 0.180. The van der Waals surface area contributed by atoms with Crippen molar-refractivity contribution >= 4 is 16.2 Å². The van der Waals surface area contributed by atoms with Crippen LogP contribution in [0.25, 0.3) is 0 Å². The largest absolute Gasteiger partial charge is 0.731 e. The molecule has 3 rings (SSSR count). The first-order valence-electron chi connectivity index (χ1n) is 14.0. The maximum atomic E-state index is 12.0. The molecule has 1 aromatic carbocycles. The molecule has 2 heterocycles. The molecule has 0 radical (unpaired) electrons. The molecule has 7 nitrogen and oxygen atoms in total. The van der Waals surface area contributed by atoms with Crippen LogP contribution < -0.4 is 0 Å². The van der Waals surface area contributed by atoms with Crippen molar-refractivity contribution in [3.05, 3.63) is 35.9 Å². The minimum Gasteiger partial charge on any atom is -0.731 e. The van der Waals surface area contributed by atoms with E-state index in [1.165, 1.54) is 82.0 Å². The highest BCUT2D eigenvalue weighted by molar-refractivity contribution is 7.84. The third-order valence-electron chi connectivity index (χ3n) is 7.59. The number of carbonyl (C=O) groups is 1. The van der Waals surface area contributed by atoms with Crippen molar-refractivity contribution in [1.82, 2.24) is 4.31 Å². The van der Waals surface area contributed by atoms with Crippen LogP contribution in [0.1, 0.15) is 104 Å². The van der Waals surface area contributed by atoms with E-state index in [9.17, 15) is 17.8 Å². The number of unbranched alkanes of at least 4 members (excludes halogenated alkanes) is 4. The summed E-state index contributed by atoms with van der Waals surface area (Å²) < 4.78 is 41.0. The number of β-lactam (4-membered cyclic amide) rings is 1. The van der Waals surface area contributed by atoms with Gasteiger partial charge in [-0.05, 0) is 44.1 Å². The summed E-state index contributed by atoms with van der Waals surface area (Å²) in [4.78, 5) is 12.0. The summed E-state index contributed by atoms with van der Waals surface area (Å²) in [5, 5.41) is 0. The van der Waals surface area contributed by atoms with Crippen LogP contribution in [0.3, 0.4) is 0 Å². The molecule has 0 aliphatic carbocycles. The summed E-state index contributed by atoms with van der Waals surface area (Å²) in [5.74, 6) is -0.742. The second-order valence-electron chi connectivity index (χ2n) is 10.4. The first kappa shape index (κ1) is 30.7. The fraction of sp³-hybridized carbons (Fsp3) is 0.750. The van der Waals surface area contributed by atoms with Gasteiger partial charge >= 0.3 is 0 Å². The van der Waals surface area contributed by atoms with Gasteiger partial charge in [0.1, 0.15) is 6.04 Å². The molecule has 1 aromatic rings. The Hall–Kier alpha value is -1.48. The van der Waals surface area contributed by atoms with Crippen molar-refractivity contribution in [3.63, 3.8) is 0 Å². The number of hydrogen-bond donors (Lipinski definition) is 0. The summed E-state index contributed by atoms with van der Waals surface area (Å²) >= 11 is 0. The minimum absolute atomic E-state index is 0.396. The van der Waals surface area contributed by atoms with Gasteiger partial charge in [-0.2, -0.15) is 0 Å². The van der Waals surface area contributed by atoms with Gasteiger partial charge in [0.05, 0.1) is 26.2 Å². The van der Waals surface area contributed by atoms with Gasteiger partial charge in [0.15, 0.2) is 15.9 Å². The van der Waals surface area contributed by atoms with E-state index in [-0.39, 0.29) is 0 Å². The standard InChI is InChI=1S/C16H36N.C12H13NO5S/c1-5-9-13-17(14-10-6-2,15-11-7-3)16-12-8-4;14-11-12(7-4-8-18-12)10(13(11)19(15,16)17)9-5-2-1-3-6-9/h5-16H2,1-4H3;1-3,5-6,10H,4,7-8H2,(H,15,16,17)/q+1;/p-1/t;10-,12+/m.1/s1. The van der Waals surface area contributed by atoms with Gasteiger partial charge in [-0.1, -0.05) is 83.7 Å². The van der Waals surface area contributed by atoms with Gasteiger partial charge in [-0.15, -0.1) is 0 Å². The zero-order valence-corrected chi connectivity index (χ0v) is 23.7. The molecule has 2 saturated heterocycles. The minimum atomic E-state index is -4.82. The molecule has 0 N–H and O–H groups in total. The van der Waals surface area contributed by atoms with Crippen molar-refractivity contribution in [3.8, 4) is 0 Å². The molecule has 0 bridgehead atoms. The van der Waals surface area contributed by atoms with Crippen molar-refractivity contribution < 1.29 is 27.0 Å². The predicted octanol–water partition coefficient (Wildman–Crippen LogP) is 5.58. The van der Waals surface area contributed by atoms with E-state index in [1.807, 2.05) is 0 Å². The van der Waals surface area contributed by atoms with E-state index in [1.54, 1.807) is 30.3 Å². The lowest BCUT2D eigenvalue weighted by Crippen LogP contribution is -2.69. The van der Waals surface area contributed by atoms with E-state index in [0.717, 1.165) is 0 Å². The maximum absolute atomic E-state index is 12.0. The van der Waals surface area contributed by atoms with Crippen LogP contribution in [-0.4, -0.2) is 66.1 Å². The average Bonchev–Trinajstić information content (AvgIpc) is 3.39. The smallest absolute Gasteiger partial charge is 0.270 e. The van der Waals surface area contributed by atoms with E-state index in [2.05, 4.69) is 27.7 Å². The predicted molar refractivity (Wildman–Crippen MR) is 143 cm³/mol. The van der Waals surface area contributed by atoms with Crippen LogP contribution in [0.15, 0.2) is 30.3 Å². The average molecular weight is 525 g/mol. The fourth-order valence-electron chi connectivity index (χ4n) is 5.51.